The van der Waals surface area contributed by atoms with Crippen LogP contribution in [0.3, 0.4) is 0 Å². The lowest BCUT2D eigenvalue weighted by Gasteiger charge is -2.24. The molecule has 1 N–H and O–H groups in total. The van der Waals surface area contributed by atoms with Gasteiger partial charge in [0, 0.05) is 0 Å². The van der Waals surface area contributed by atoms with Gasteiger partial charge in [0.15, 0.2) is 0 Å². The zero-order valence-electron chi connectivity index (χ0n) is 9.18. The lowest BCUT2D eigenvalue weighted by atomic mass is 9.90. The van der Waals surface area contributed by atoms with E-state index in [-0.39, 0.29) is 11.5 Å². The van der Waals surface area contributed by atoms with E-state index in [9.17, 15) is 22.7 Å². The van der Waals surface area contributed by atoms with E-state index in [2.05, 4.69) is 0 Å². The molecule has 1 unspecified atom stereocenters. The van der Waals surface area contributed by atoms with Gasteiger partial charge in [-0.1, -0.05) is 6.07 Å². The number of benzene rings is 1. The topological polar surface area (TPSA) is 20.2 Å². The molecule has 1 aliphatic carbocycles. The van der Waals surface area contributed by atoms with Crippen LogP contribution in [0.1, 0.15) is 30.9 Å². The van der Waals surface area contributed by atoms with E-state index in [0.717, 1.165) is 25.0 Å². The maximum atomic E-state index is 13.3. The van der Waals surface area contributed by atoms with Crippen molar-refractivity contribution in [3.8, 4) is 0 Å². The van der Waals surface area contributed by atoms with Crippen LogP contribution < -0.4 is 0 Å². The molecule has 0 bridgehead atoms. The minimum atomic E-state index is -4.70. The van der Waals surface area contributed by atoms with E-state index in [1.54, 1.807) is 0 Å². The zero-order chi connectivity index (χ0) is 12.8. The fraction of sp³-hybridized carbons (Fsp3) is 0.500. The van der Waals surface area contributed by atoms with Gasteiger partial charge in [-0.2, -0.15) is 13.2 Å². The van der Waals surface area contributed by atoms with Gasteiger partial charge in [0.2, 0.25) is 0 Å². The summed E-state index contributed by atoms with van der Waals surface area (Å²) in [5.41, 5.74) is -2.34. The minimum absolute atomic E-state index is 0.0126. The van der Waals surface area contributed by atoms with Gasteiger partial charge in [-0.05, 0) is 43.4 Å². The monoisotopic (exact) mass is 248 g/mol. The summed E-state index contributed by atoms with van der Waals surface area (Å²) in [5.74, 6) is -1.32. The summed E-state index contributed by atoms with van der Waals surface area (Å²) >= 11 is 0. The molecule has 5 heteroatoms. The highest BCUT2D eigenvalue weighted by Gasteiger charge is 2.42. The van der Waals surface area contributed by atoms with Crippen LogP contribution in [0.2, 0.25) is 0 Å². The van der Waals surface area contributed by atoms with E-state index in [0.29, 0.717) is 6.07 Å². The molecule has 2 rings (SSSR count). The molecular weight excluding hydrogens is 236 g/mol. The van der Waals surface area contributed by atoms with Crippen molar-refractivity contribution in [2.45, 2.75) is 31.5 Å². The number of aliphatic hydroxyl groups is 1. The van der Waals surface area contributed by atoms with Crippen molar-refractivity contribution in [1.29, 1.82) is 0 Å². The third kappa shape index (κ3) is 2.29. The van der Waals surface area contributed by atoms with Gasteiger partial charge in [-0.15, -0.1) is 0 Å². The molecule has 1 saturated carbocycles. The number of hydrogen-bond donors (Lipinski definition) is 1. The van der Waals surface area contributed by atoms with Crippen LogP contribution in [0, 0.1) is 11.7 Å². The fourth-order valence-corrected chi connectivity index (χ4v) is 1.94. The highest BCUT2D eigenvalue weighted by atomic mass is 19.4. The summed E-state index contributed by atoms with van der Waals surface area (Å²) < 4.78 is 50.4. The first-order valence-electron chi connectivity index (χ1n) is 5.32. The Morgan fingerprint density at radius 1 is 1.24 bits per heavy atom. The third-order valence-electron chi connectivity index (χ3n) is 3.23. The molecule has 1 aromatic carbocycles. The summed E-state index contributed by atoms with van der Waals surface area (Å²) in [7, 11) is 0. The van der Waals surface area contributed by atoms with Gasteiger partial charge in [-0.3, -0.25) is 0 Å². The molecule has 17 heavy (non-hydrogen) atoms. The van der Waals surface area contributed by atoms with Crippen LogP contribution in [0.25, 0.3) is 0 Å². The largest absolute Gasteiger partial charge is 0.419 e. The molecule has 1 aromatic rings. The smallest absolute Gasteiger partial charge is 0.385 e. The first kappa shape index (κ1) is 12.4. The number of halogens is 4. The number of hydrogen-bond acceptors (Lipinski definition) is 1. The SMILES string of the molecule is CC(O)(c1ccc(C(F)(F)F)c(F)c1)C1CC1. The minimum Gasteiger partial charge on any atom is -0.385 e. The molecule has 0 aliphatic heterocycles. The normalized spacial score (nSPS) is 20.1. The van der Waals surface area contributed by atoms with Crippen molar-refractivity contribution >= 4 is 0 Å². The molecule has 1 nitrogen and oxygen atoms in total. The summed E-state index contributed by atoms with van der Waals surface area (Å²) in [6.45, 7) is 1.51. The highest BCUT2D eigenvalue weighted by molar-refractivity contribution is 5.31. The fourth-order valence-electron chi connectivity index (χ4n) is 1.94. The first-order valence-corrected chi connectivity index (χ1v) is 5.32. The van der Waals surface area contributed by atoms with Crippen LogP contribution in [0.5, 0.6) is 0 Å². The van der Waals surface area contributed by atoms with Gasteiger partial charge >= 0.3 is 6.18 Å². The van der Waals surface area contributed by atoms with E-state index in [1.807, 2.05) is 0 Å². The van der Waals surface area contributed by atoms with Crippen molar-refractivity contribution in [1.82, 2.24) is 0 Å². The Hall–Kier alpha value is -1.10. The average molecular weight is 248 g/mol. The average Bonchev–Trinajstić information content (AvgIpc) is 2.98. The molecule has 1 aliphatic rings. The standard InChI is InChI=1S/C12H12F4O/c1-11(17,7-2-3-7)8-4-5-9(10(13)6-8)12(14,15)16/h4-7,17H,2-3H2,1H3. The van der Waals surface area contributed by atoms with Crippen LogP contribution in [-0.2, 0) is 11.8 Å². The quantitative estimate of drug-likeness (QED) is 0.794. The van der Waals surface area contributed by atoms with Crippen molar-refractivity contribution in [3.05, 3.63) is 35.1 Å². The summed E-state index contributed by atoms with van der Waals surface area (Å²) in [6.07, 6.45) is -3.07. The Morgan fingerprint density at radius 3 is 2.24 bits per heavy atom. The summed E-state index contributed by atoms with van der Waals surface area (Å²) in [4.78, 5) is 0. The molecular formula is C12H12F4O. The summed E-state index contributed by atoms with van der Waals surface area (Å²) in [6, 6.07) is 2.60. The van der Waals surface area contributed by atoms with Gasteiger partial charge in [0.25, 0.3) is 0 Å². The molecule has 0 radical (unpaired) electrons. The van der Waals surface area contributed by atoms with Gasteiger partial charge < -0.3 is 5.11 Å². The molecule has 1 fully saturated rings. The zero-order valence-corrected chi connectivity index (χ0v) is 9.18. The molecule has 94 valence electrons. The first-order chi connectivity index (χ1) is 7.73. The molecule has 0 saturated heterocycles. The molecule has 0 amide bonds. The van der Waals surface area contributed by atoms with Crippen LogP contribution in [0.4, 0.5) is 17.6 Å². The van der Waals surface area contributed by atoms with Crippen molar-refractivity contribution < 1.29 is 22.7 Å². The van der Waals surface area contributed by atoms with Crippen LogP contribution in [0.15, 0.2) is 18.2 Å². The van der Waals surface area contributed by atoms with Gasteiger partial charge in [0.05, 0.1) is 11.2 Å². The van der Waals surface area contributed by atoms with E-state index in [4.69, 9.17) is 0 Å². The second kappa shape index (κ2) is 3.70. The maximum Gasteiger partial charge on any atom is 0.419 e. The van der Waals surface area contributed by atoms with Crippen molar-refractivity contribution in [3.63, 3.8) is 0 Å². The highest BCUT2D eigenvalue weighted by Crippen LogP contribution is 2.46. The van der Waals surface area contributed by atoms with Crippen LogP contribution >= 0.6 is 0 Å². The predicted octanol–water partition coefficient (Wildman–Crippen LogP) is 3.46. The number of alkyl halides is 3. The molecule has 0 aromatic heterocycles. The van der Waals surface area contributed by atoms with E-state index < -0.39 is 23.2 Å². The molecule has 1 atom stereocenters. The molecule has 0 heterocycles. The maximum absolute atomic E-state index is 13.3. The van der Waals surface area contributed by atoms with Gasteiger partial charge in [-0.25, -0.2) is 4.39 Å². The predicted molar refractivity (Wildman–Crippen MR) is 53.7 cm³/mol. The van der Waals surface area contributed by atoms with Gasteiger partial charge in [0.1, 0.15) is 5.82 Å². The number of rotatable bonds is 2. The lowest BCUT2D eigenvalue weighted by Crippen LogP contribution is -2.24. The third-order valence-corrected chi connectivity index (χ3v) is 3.23. The Balaban J connectivity index is 2.37. The Morgan fingerprint density at radius 2 is 1.82 bits per heavy atom. The molecule has 0 spiro atoms. The summed E-state index contributed by atoms with van der Waals surface area (Å²) in [5, 5.41) is 10.1. The van der Waals surface area contributed by atoms with Crippen molar-refractivity contribution in [2.75, 3.05) is 0 Å². The second-order valence-electron chi connectivity index (χ2n) is 4.61. The van der Waals surface area contributed by atoms with E-state index >= 15 is 0 Å². The Kier molecular flexibility index (Phi) is 2.69. The van der Waals surface area contributed by atoms with Crippen LogP contribution in [-0.4, -0.2) is 5.11 Å². The second-order valence-corrected chi connectivity index (χ2v) is 4.61. The Labute approximate surface area is 96.1 Å². The Bertz CT molecular complexity index is 433. The van der Waals surface area contributed by atoms with E-state index in [1.165, 1.54) is 6.92 Å². The van der Waals surface area contributed by atoms with Crippen molar-refractivity contribution in [2.24, 2.45) is 5.92 Å². The lowest BCUT2D eigenvalue weighted by molar-refractivity contribution is -0.140.